The lowest BCUT2D eigenvalue weighted by molar-refractivity contribution is -0.177. The van der Waals surface area contributed by atoms with Gasteiger partial charge >= 0.3 is 0 Å². The van der Waals surface area contributed by atoms with Crippen LogP contribution < -0.4 is 15.1 Å². The van der Waals surface area contributed by atoms with Gasteiger partial charge in [-0.05, 0) is 42.3 Å². The van der Waals surface area contributed by atoms with Crippen LogP contribution in [0.15, 0.2) is 30.7 Å². The van der Waals surface area contributed by atoms with Crippen LogP contribution in [0, 0.1) is 0 Å². The van der Waals surface area contributed by atoms with Gasteiger partial charge in [-0.25, -0.2) is 23.7 Å². The number of aliphatic hydroxyl groups is 2. The molecule has 11 heteroatoms. The van der Waals surface area contributed by atoms with Gasteiger partial charge in [-0.15, -0.1) is 0 Å². The van der Waals surface area contributed by atoms with E-state index in [1.54, 1.807) is 12.3 Å². The lowest BCUT2D eigenvalue weighted by Crippen LogP contribution is -2.59. The molecule has 0 bridgehead atoms. The van der Waals surface area contributed by atoms with Crippen molar-refractivity contribution in [2.45, 2.75) is 50.7 Å². The van der Waals surface area contributed by atoms with Crippen molar-refractivity contribution < 1.29 is 19.0 Å². The molecule has 0 aromatic carbocycles. The van der Waals surface area contributed by atoms with Crippen LogP contribution in [0.4, 0.5) is 32.2 Å². The number of aromatic nitrogens is 4. The summed E-state index contributed by atoms with van der Waals surface area (Å²) in [6, 6.07) is 3.58. The Labute approximate surface area is 201 Å². The molecular weight excluding hydrogens is 456 g/mol. The molecular formula is C24H29F2N7O2. The highest BCUT2D eigenvalue weighted by molar-refractivity contribution is 5.96. The van der Waals surface area contributed by atoms with Crippen LogP contribution in [0.3, 0.4) is 0 Å². The Morgan fingerprint density at radius 2 is 1.86 bits per heavy atom. The molecule has 0 unspecified atom stereocenters. The van der Waals surface area contributed by atoms with Crippen LogP contribution in [0.1, 0.15) is 38.7 Å². The first-order valence-corrected chi connectivity index (χ1v) is 11.7. The summed E-state index contributed by atoms with van der Waals surface area (Å²) >= 11 is 0. The fourth-order valence-corrected chi connectivity index (χ4v) is 4.45. The number of fused-ring (bicyclic) bond motifs is 1. The minimum atomic E-state index is -3.27. The second kappa shape index (κ2) is 8.49. The smallest absolute Gasteiger partial charge is 0.293 e. The quantitative estimate of drug-likeness (QED) is 0.502. The molecule has 9 nitrogen and oxygen atoms in total. The summed E-state index contributed by atoms with van der Waals surface area (Å²) in [5.74, 6) is -1.11. The van der Waals surface area contributed by atoms with Crippen LogP contribution in [-0.4, -0.2) is 74.0 Å². The summed E-state index contributed by atoms with van der Waals surface area (Å²) in [6.07, 6.45) is 4.70. The van der Waals surface area contributed by atoms with Crippen molar-refractivity contribution in [2.24, 2.45) is 0 Å². The van der Waals surface area contributed by atoms with Gasteiger partial charge in [-0.3, -0.25) is 0 Å². The summed E-state index contributed by atoms with van der Waals surface area (Å²) in [7, 11) is 0. The normalized spacial score (nSPS) is 22.5. The monoisotopic (exact) mass is 485 g/mol. The number of nitrogens with one attached hydrogen (secondary N) is 1. The van der Waals surface area contributed by atoms with E-state index in [1.807, 2.05) is 17.2 Å². The summed E-state index contributed by atoms with van der Waals surface area (Å²) in [4.78, 5) is 21.2. The summed E-state index contributed by atoms with van der Waals surface area (Å²) in [6.45, 7) is 6.00. The van der Waals surface area contributed by atoms with E-state index in [4.69, 9.17) is 0 Å². The van der Waals surface area contributed by atoms with Crippen molar-refractivity contribution in [1.29, 1.82) is 0 Å². The Kier molecular flexibility index (Phi) is 5.71. The number of hydrogen-bond acceptors (Lipinski definition) is 9. The van der Waals surface area contributed by atoms with Crippen LogP contribution in [0.2, 0.25) is 0 Å². The van der Waals surface area contributed by atoms with Crippen LogP contribution in [0.5, 0.6) is 0 Å². The van der Waals surface area contributed by atoms with Crippen LogP contribution in [0.25, 0.3) is 10.8 Å². The number of piperidine rings is 1. The van der Waals surface area contributed by atoms with Gasteiger partial charge in [0.15, 0.2) is 0 Å². The van der Waals surface area contributed by atoms with E-state index in [9.17, 15) is 19.0 Å². The van der Waals surface area contributed by atoms with Gasteiger partial charge in [0.2, 0.25) is 5.95 Å². The SMILES string of the molecule is CC(C)c1cnc(N2CC(O)C2)c2cnc(Nc3ccnc(N4CC[C@](C)(O)C(F)(F)C4)n3)cc12. The number of nitrogens with zero attached hydrogens (tertiary/aromatic N) is 6. The molecule has 35 heavy (non-hydrogen) atoms. The van der Waals surface area contributed by atoms with Gasteiger partial charge in [-0.2, -0.15) is 4.98 Å². The topological polar surface area (TPSA) is 111 Å². The fourth-order valence-electron chi connectivity index (χ4n) is 4.45. The molecule has 2 fully saturated rings. The number of halogens is 2. The molecule has 0 radical (unpaired) electrons. The number of β-amino-alcohol motifs (C(OH)–C–C–N with tert-alkyl or cyclic N) is 1. The van der Waals surface area contributed by atoms with Crippen LogP contribution >= 0.6 is 0 Å². The number of alkyl halides is 2. The van der Waals surface area contributed by atoms with E-state index >= 15 is 0 Å². The van der Waals surface area contributed by atoms with E-state index in [2.05, 4.69) is 39.1 Å². The molecule has 2 saturated heterocycles. The second-order valence-corrected chi connectivity index (χ2v) is 9.88. The molecule has 186 valence electrons. The number of pyridine rings is 2. The van der Waals surface area contributed by atoms with Crippen molar-refractivity contribution >= 4 is 34.2 Å². The van der Waals surface area contributed by atoms with E-state index < -0.39 is 18.1 Å². The Hall–Kier alpha value is -3.18. The van der Waals surface area contributed by atoms with Crippen molar-refractivity contribution in [2.75, 3.05) is 41.3 Å². The van der Waals surface area contributed by atoms with Crippen molar-refractivity contribution in [1.82, 2.24) is 19.9 Å². The minimum absolute atomic E-state index is 0.0877. The average Bonchev–Trinajstić information content (AvgIpc) is 2.78. The third-order valence-electron chi connectivity index (χ3n) is 6.79. The van der Waals surface area contributed by atoms with E-state index in [0.29, 0.717) is 24.7 Å². The number of rotatable bonds is 5. The number of aliphatic hydroxyl groups excluding tert-OH is 1. The highest BCUT2D eigenvalue weighted by atomic mass is 19.3. The van der Waals surface area contributed by atoms with Gasteiger partial charge in [0.1, 0.15) is 23.1 Å². The second-order valence-electron chi connectivity index (χ2n) is 9.88. The summed E-state index contributed by atoms with van der Waals surface area (Å²) in [5, 5.41) is 24.8. The summed E-state index contributed by atoms with van der Waals surface area (Å²) < 4.78 is 28.7. The maximum Gasteiger partial charge on any atom is 0.293 e. The van der Waals surface area contributed by atoms with Crippen molar-refractivity contribution in [3.05, 3.63) is 36.3 Å². The largest absolute Gasteiger partial charge is 0.389 e. The fraction of sp³-hybridized carbons (Fsp3) is 0.500. The Morgan fingerprint density at radius 1 is 1.09 bits per heavy atom. The first kappa shape index (κ1) is 23.6. The average molecular weight is 486 g/mol. The maximum absolute atomic E-state index is 14.4. The molecule has 0 spiro atoms. The maximum atomic E-state index is 14.4. The molecule has 3 aromatic heterocycles. The van der Waals surface area contributed by atoms with Gasteiger partial charge in [0, 0.05) is 43.6 Å². The standard InChI is InChI=1S/C24H29F2N7O2/c1-14(2)17-9-29-21(33-11-15(34)12-33)18-10-28-20(8-16(17)18)30-19-4-6-27-22(31-19)32-7-5-23(3,35)24(25,26)13-32/h4,6,8-10,14-15,34-35H,5,7,11-13H2,1-3H3,(H,27,28,30,31)/t23-/m0/s1. The zero-order valence-electron chi connectivity index (χ0n) is 19.9. The Morgan fingerprint density at radius 3 is 2.54 bits per heavy atom. The van der Waals surface area contributed by atoms with E-state index in [1.165, 1.54) is 11.1 Å². The molecule has 0 amide bonds. The molecule has 5 heterocycles. The molecule has 1 atom stereocenters. The Balaban J connectivity index is 1.42. The lowest BCUT2D eigenvalue weighted by atomic mass is 9.90. The lowest BCUT2D eigenvalue weighted by Gasteiger charge is -2.42. The van der Waals surface area contributed by atoms with E-state index in [-0.39, 0.29) is 30.9 Å². The van der Waals surface area contributed by atoms with Gasteiger partial charge in [0.05, 0.1) is 12.6 Å². The minimum Gasteiger partial charge on any atom is -0.389 e. The van der Waals surface area contributed by atoms with Crippen molar-refractivity contribution in [3.8, 4) is 0 Å². The Bertz CT molecular complexity index is 1250. The third kappa shape index (κ3) is 4.34. The van der Waals surface area contributed by atoms with E-state index in [0.717, 1.165) is 29.1 Å². The van der Waals surface area contributed by atoms with Gasteiger partial charge in [0.25, 0.3) is 5.92 Å². The summed E-state index contributed by atoms with van der Waals surface area (Å²) in [5.41, 5.74) is -0.981. The number of anilines is 4. The van der Waals surface area contributed by atoms with Crippen molar-refractivity contribution in [3.63, 3.8) is 0 Å². The predicted molar refractivity (Wildman–Crippen MR) is 130 cm³/mol. The van der Waals surface area contributed by atoms with Crippen LogP contribution in [-0.2, 0) is 0 Å². The molecule has 0 saturated carbocycles. The highest BCUT2D eigenvalue weighted by Crippen LogP contribution is 2.37. The zero-order valence-corrected chi connectivity index (χ0v) is 19.9. The highest BCUT2D eigenvalue weighted by Gasteiger charge is 2.53. The molecule has 3 aromatic rings. The van der Waals surface area contributed by atoms with Gasteiger partial charge < -0.3 is 25.3 Å². The zero-order chi connectivity index (χ0) is 25.0. The third-order valence-corrected chi connectivity index (χ3v) is 6.79. The molecule has 2 aliphatic rings. The molecule has 3 N–H and O–H groups in total. The van der Waals surface area contributed by atoms with Gasteiger partial charge in [-0.1, -0.05) is 13.8 Å². The molecule has 0 aliphatic carbocycles. The molecule has 2 aliphatic heterocycles. The first-order valence-electron chi connectivity index (χ1n) is 11.7. The molecule has 5 rings (SSSR count). The predicted octanol–water partition coefficient (Wildman–Crippen LogP) is 3.06. The first-order chi connectivity index (χ1) is 16.5. The number of hydrogen-bond donors (Lipinski definition) is 3.